The Morgan fingerprint density at radius 3 is 2.79 bits per heavy atom. The summed E-state index contributed by atoms with van der Waals surface area (Å²) in [5.74, 6) is 0. The monoisotopic (exact) mass is 228 g/mol. The Morgan fingerprint density at radius 1 is 1.29 bits per heavy atom. The predicted octanol–water partition coefficient (Wildman–Crippen LogP) is 2.26. The molecule has 0 atom stereocenters. The van der Waals surface area contributed by atoms with E-state index < -0.39 is 0 Å². The fourth-order valence-corrected chi connectivity index (χ4v) is 4.05. The van der Waals surface area contributed by atoms with Crippen LogP contribution in [-0.4, -0.2) is 18.1 Å². The molecule has 1 N–H and O–H groups in total. The molecule has 0 aromatic carbocycles. The van der Waals surface area contributed by atoms with Gasteiger partial charge >= 0.3 is 0 Å². The van der Waals surface area contributed by atoms with Gasteiger partial charge in [0, 0.05) is 4.88 Å². The Balaban J connectivity index is 1.86. The van der Waals surface area contributed by atoms with Crippen LogP contribution >= 0.6 is 22.9 Å². The lowest BCUT2D eigenvalue weighted by Crippen LogP contribution is -2.37. The molecule has 2 heterocycles. The topological polar surface area (TPSA) is 24.9 Å². The molecule has 0 amide bonds. The summed E-state index contributed by atoms with van der Waals surface area (Å²) >= 11 is 7.58. The first kappa shape index (κ1) is 9.13. The van der Waals surface area contributed by atoms with Crippen LogP contribution in [0, 0.1) is 5.41 Å². The SMILES string of the molecule is Clc1nc2c(s1)CC1(CCNCC1)C2. The summed E-state index contributed by atoms with van der Waals surface area (Å²) in [6, 6.07) is 0. The standard InChI is InChI=1S/C10H13ClN2S/c11-9-13-7-5-10(6-8(7)14-9)1-3-12-4-2-10/h12H,1-6H2. The highest BCUT2D eigenvalue weighted by molar-refractivity contribution is 7.15. The van der Waals surface area contributed by atoms with Crippen LogP contribution in [0.5, 0.6) is 0 Å². The molecule has 1 fully saturated rings. The van der Waals surface area contributed by atoms with Crippen molar-refractivity contribution >= 4 is 22.9 Å². The zero-order chi connectivity index (χ0) is 9.60. The van der Waals surface area contributed by atoms with Crippen molar-refractivity contribution in [1.82, 2.24) is 10.3 Å². The van der Waals surface area contributed by atoms with Crippen molar-refractivity contribution in [2.24, 2.45) is 5.41 Å². The van der Waals surface area contributed by atoms with Gasteiger partial charge in [-0.05, 0) is 44.2 Å². The Kier molecular flexibility index (Phi) is 2.08. The molecule has 1 aromatic heterocycles. The number of thiazole rings is 1. The number of fused-ring (bicyclic) bond motifs is 1. The van der Waals surface area contributed by atoms with Gasteiger partial charge in [-0.25, -0.2) is 4.98 Å². The first-order valence-electron chi connectivity index (χ1n) is 5.12. The van der Waals surface area contributed by atoms with Gasteiger partial charge in [-0.2, -0.15) is 0 Å². The average Bonchev–Trinajstić information content (AvgIpc) is 2.60. The van der Waals surface area contributed by atoms with E-state index in [9.17, 15) is 0 Å². The van der Waals surface area contributed by atoms with Gasteiger partial charge in [0.15, 0.2) is 4.47 Å². The minimum absolute atomic E-state index is 0.532. The molecular formula is C10H13ClN2S. The third-order valence-corrected chi connectivity index (χ3v) is 4.70. The van der Waals surface area contributed by atoms with Crippen LogP contribution in [0.25, 0.3) is 0 Å². The number of aromatic nitrogens is 1. The van der Waals surface area contributed by atoms with E-state index in [0.717, 1.165) is 10.9 Å². The molecule has 0 radical (unpaired) electrons. The fourth-order valence-electron chi connectivity index (χ4n) is 2.70. The highest BCUT2D eigenvalue weighted by atomic mass is 35.5. The lowest BCUT2D eigenvalue weighted by molar-refractivity contribution is 0.215. The van der Waals surface area contributed by atoms with Gasteiger partial charge in [0.2, 0.25) is 0 Å². The Morgan fingerprint density at radius 2 is 2.07 bits per heavy atom. The first-order valence-corrected chi connectivity index (χ1v) is 6.32. The van der Waals surface area contributed by atoms with Crippen molar-refractivity contribution in [3.05, 3.63) is 15.0 Å². The van der Waals surface area contributed by atoms with E-state index in [0.29, 0.717) is 5.41 Å². The van der Waals surface area contributed by atoms with Crippen LogP contribution in [0.15, 0.2) is 0 Å². The van der Waals surface area contributed by atoms with Crippen molar-refractivity contribution in [3.63, 3.8) is 0 Å². The maximum absolute atomic E-state index is 5.90. The van der Waals surface area contributed by atoms with E-state index >= 15 is 0 Å². The molecule has 3 rings (SSSR count). The van der Waals surface area contributed by atoms with Gasteiger partial charge in [0.25, 0.3) is 0 Å². The van der Waals surface area contributed by atoms with Gasteiger partial charge in [-0.15, -0.1) is 11.3 Å². The fraction of sp³-hybridized carbons (Fsp3) is 0.700. The Hall–Kier alpha value is -0.120. The molecule has 0 saturated carbocycles. The van der Waals surface area contributed by atoms with Crippen molar-refractivity contribution < 1.29 is 0 Å². The summed E-state index contributed by atoms with van der Waals surface area (Å²) in [5.41, 5.74) is 1.81. The average molecular weight is 229 g/mol. The lowest BCUT2D eigenvalue weighted by Gasteiger charge is -2.33. The van der Waals surface area contributed by atoms with Crippen molar-refractivity contribution in [3.8, 4) is 0 Å². The molecule has 0 bridgehead atoms. The molecule has 0 unspecified atom stereocenters. The predicted molar refractivity (Wildman–Crippen MR) is 59.1 cm³/mol. The minimum Gasteiger partial charge on any atom is -0.317 e. The number of halogens is 1. The van der Waals surface area contributed by atoms with Gasteiger partial charge in [0.05, 0.1) is 5.69 Å². The van der Waals surface area contributed by atoms with E-state index in [1.807, 2.05) is 0 Å². The van der Waals surface area contributed by atoms with E-state index in [1.165, 1.54) is 42.9 Å². The highest BCUT2D eigenvalue weighted by Gasteiger charge is 2.40. The van der Waals surface area contributed by atoms with Crippen molar-refractivity contribution in [2.45, 2.75) is 25.7 Å². The minimum atomic E-state index is 0.532. The number of hydrogen-bond acceptors (Lipinski definition) is 3. The second kappa shape index (κ2) is 3.19. The van der Waals surface area contributed by atoms with Crippen LogP contribution in [0.2, 0.25) is 4.47 Å². The smallest absolute Gasteiger partial charge is 0.184 e. The maximum Gasteiger partial charge on any atom is 0.184 e. The quantitative estimate of drug-likeness (QED) is 0.737. The number of hydrogen-bond donors (Lipinski definition) is 1. The second-order valence-corrected chi connectivity index (χ2v) is 6.11. The number of rotatable bonds is 0. The van der Waals surface area contributed by atoms with Crippen LogP contribution in [0.1, 0.15) is 23.4 Å². The highest BCUT2D eigenvalue weighted by Crippen LogP contribution is 2.45. The van der Waals surface area contributed by atoms with E-state index in [1.54, 1.807) is 11.3 Å². The van der Waals surface area contributed by atoms with Crippen LogP contribution in [-0.2, 0) is 12.8 Å². The zero-order valence-electron chi connectivity index (χ0n) is 7.98. The molecule has 76 valence electrons. The molecule has 1 aromatic rings. The van der Waals surface area contributed by atoms with Crippen molar-refractivity contribution in [2.75, 3.05) is 13.1 Å². The summed E-state index contributed by atoms with van der Waals surface area (Å²) in [7, 11) is 0. The third kappa shape index (κ3) is 1.38. The third-order valence-electron chi connectivity index (χ3n) is 3.49. The first-order chi connectivity index (χ1) is 6.77. The maximum atomic E-state index is 5.90. The zero-order valence-corrected chi connectivity index (χ0v) is 9.55. The van der Waals surface area contributed by atoms with Gasteiger partial charge in [0.1, 0.15) is 0 Å². The molecule has 1 aliphatic carbocycles. The van der Waals surface area contributed by atoms with Gasteiger partial charge < -0.3 is 5.32 Å². The lowest BCUT2D eigenvalue weighted by atomic mass is 9.77. The second-order valence-electron chi connectivity index (χ2n) is 4.44. The molecule has 1 saturated heterocycles. The summed E-state index contributed by atoms with van der Waals surface area (Å²) in [5, 5.41) is 3.42. The van der Waals surface area contributed by atoms with Gasteiger partial charge in [-0.1, -0.05) is 11.6 Å². The molecule has 2 nitrogen and oxygen atoms in total. The molecule has 1 spiro atoms. The van der Waals surface area contributed by atoms with Gasteiger partial charge in [-0.3, -0.25) is 0 Å². The Labute approximate surface area is 92.7 Å². The largest absolute Gasteiger partial charge is 0.317 e. The number of nitrogens with one attached hydrogen (secondary N) is 1. The van der Waals surface area contributed by atoms with Crippen molar-refractivity contribution in [1.29, 1.82) is 0 Å². The van der Waals surface area contributed by atoms with E-state index in [4.69, 9.17) is 11.6 Å². The normalized spacial score (nSPS) is 24.1. The number of piperidine rings is 1. The van der Waals surface area contributed by atoms with Crippen LogP contribution in [0.4, 0.5) is 0 Å². The summed E-state index contributed by atoms with van der Waals surface area (Å²) in [6.07, 6.45) is 4.98. The summed E-state index contributed by atoms with van der Waals surface area (Å²) in [4.78, 5) is 5.85. The van der Waals surface area contributed by atoms with Crippen LogP contribution in [0.3, 0.4) is 0 Å². The summed E-state index contributed by atoms with van der Waals surface area (Å²) < 4.78 is 0.721. The Bertz CT molecular complexity index is 330. The van der Waals surface area contributed by atoms with E-state index in [-0.39, 0.29) is 0 Å². The molecule has 4 heteroatoms. The molecular weight excluding hydrogens is 216 g/mol. The van der Waals surface area contributed by atoms with Crippen LogP contribution < -0.4 is 5.32 Å². The molecule has 14 heavy (non-hydrogen) atoms. The number of nitrogens with zero attached hydrogens (tertiary/aromatic N) is 1. The molecule has 2 aliphatic rings. The molecule has 1 aliphatic heterocycles. The summed E-state index contributed by atoms with van der Waals surface area (Å²) in [6.45, 7) is 2.34. The van der Waals surface area contributed by atoms with E-state index in [2.05, 4.69) is 10.3 Å².